The molecule has 0 aliphatic carbocycles. The Kier molecular flexibility index (Phi) is 6.34. The number of β-amino-alcohol motifs (C(OH)–C–C–N with tert-alkyl or cyclic N) is 1. The zero-order valence-corrected chi connectivity index (χ0v) is 14.5. The highest BCUT2D eigenvalue weighted by molar-refractivity contribution is 5.97. The third-order valence-electron chi connectivity index (χ3n) is 4.39. The molecule has 2 rings (SSSR count). The Morgan fingerprint density at radius 2 is 1.92 bits per heavy atom. The molecule has 4 N–H and O–H groups in total. The van der Waals surface area contributed by atoms with Gasteiger partial charge in [0.1, 0.15) is 6.04 Å². The molecule has 0 saturated carbocycles. The summed E-state index contributed by atoms with van der Waals surface area (Å²) in [6, 6.07) is 6.63. The number of aliphatic hydroxyl groups is 1. The minimum atomic E-state index is -0.606. The van der Waals surface area contributed by atoms with Crippen molar-refractivity contribution in [3.05, 3.63) is 35.4 Å². The first-order valence-electron chi connectivity index (χ1n) is 8.42. The van der Waals surface area contributed by atoms with Crippen LogP contribution in [0.5, 0.6) is 0 Å². The molecule has 1 aromatic rings. The second-order valence-electron chi connectivity index (χ2n) is 6.79. The largest absolute Gasteiger partial charge is 0.391 e. The van der Waals surface area contributed by atoms with Crippen molar-refractivity contribution in [2.75, 3.05) is 19.6 Å². The van der Waals surface area contributed by atoms with Crippen molar-refractivity contribution >= 4 is 11.8 Å². The van der Waals surface area contributed by atoms with Crippen LogP contribution in [0.2, 0.25) is 0 Å². The van der Waals surface area contributed by atoms with Crippen LogP contribution in [-0.2, 0) is 4.79 Å². The fourth-order valence-corrected chi connectivity index (χ4v) is 2.73. The van der Waals surface area contributed by atoms with Crippen LogP contribution >= 0.6 is 0 Å². The van der Waals surface area contributed by atoms with E-state index in [0.717, 1.165) is 5.56 Å². The summed E-state index contributed by atoms with van der Waals surface area (Å²) in [6.07, 6.45) is -0.440. The molecule has 1 saturated heterocycles. The zero-order valence-electron chi connectivity index (χ0n) is 14.5. The average molecular weight is 333 g/mol. The van der Waals surface area contributed by atoms with E-state index in [1.54, 1.807) is 12.1 Å². The van der Waals surface area contributed by atoms with Gasteiger partial charge in [0.15, 0.2) is 0 Å². The molecule has 1 heterocycles. The summed E-state index contributed by atoms with van der Waals surface area (Å²) >= 11 is 0. The Bertz CT molecular complexity index is 571. The minimum Gasteiger partial charge on any atom is -0.391 e. The number of aliphatic hydroxyl groups excluding tert-OH is 1. The van der Waals surface area contributed by atoms with Gasteiger partial charge in [0.25, 0.3) is 5.91 Å². The molecule has 3 unspecified atom stereocenters. The van der Waals surface area contributed by atoms with Gasteiger partial charge in [-0.2, -0.15) is 0 Å². The molecule has 3 atom stereocenters. The van der Waals surface area contributed by atoms with Crippen molar-refractivity contribution in [3.63, 3.8) is 0 Å². The molecular formula is C18H27N3O3. The molecule has 1 aliphatic rings. The topological polar surface area (TPSA) is 90.5 Å². The lowest BCUT2D eigenvalue weighted by Gasteiger charge is -2.23. The van der Waals surface area contributed by atoms with Crippen molar-refractivity contribution in [2.45, 2.75) is 32.9 Å². The van der Waals surface area contributed by atoms with Crippen LogP contribution < -0.4 is 16.0 Å². The summed E-state index contributed by atoms with van der Waals surface area (Å²) < 4.78 is 0. The Balaban J connectivity index is 1.93. The van der Waals surface area contributed by atoms with E-state index >= 15 is 0 Å². The number of amides is 2. The smallest absolute Gasteiger partial charge is 0.251 e. The molecule has 132 valence electrons. The maximum Gasteiger partial charge on any atom is 0.251 e. The highest BCUT2D eigenvalue weighted by atomic mass is 16.3. The van der Waals surface area contributed by atoms with Crippen molar-refractivity contribution < 1.29 is 14.7 Å². The minimum absolute atomic E-state index is 0.00885. The monoisotopic (exact) mass is 333 g/mol. The fourth-order valence-electron chi connectivity index (χ4n) is 2.73. The highest BCUT2D eigenvalue weighted by Gasteiger charge is 2.28. The number of aryl methyl sites for hydroxylation is 1. The van der Waals surface area contributed by atoms with Crippen molar-refractivity contribution in [1.29, 1.82) is 0 Å². The Hall–Kier alpha value is -1.92. The molecule has 1 aromatic carbocycles. The summed E-state index contributed by atoms with van der Waals surface area (Å²) in [4.78, 5) is 24.8. The second-order valence-corrected chi connectivity index (χ2v) is 6.79. The molecule has 1 aliphatic heterocycles. The van der Waals surface area contributed by atoms with E-state index in [4.69, 9.17) is 0 Å². The quantitative estimate of drug-likeness (QED) is 0.608. The first-order valence-corrected chi connectivity index (χ1v) is 8.42. The van der Waals surface area contributed by atoms with E-state index < -0.39 is 12.1 Å². The number of carbonyl (C=O) groups is 2. The van der Waals surface area contributed by atoms with Crippen molar-refractivity contribution in [2.24, 2.45) is 11.8 Å². The van der Waals surface area contributed by atoms with Crippen LogP contribution in [-0.4, -0.2) is 48.7 Å². The van der Waals surface area contributed by atoms with Crippen LogP contribution in [0, 0.1) is 18.8 Å². The summed E-state index contributed by atoms with van der Waals surface area (Å²) in [6.45, 7) is 7.38. The van der Waals surface area contributed by atoms with Crippen LogP contribution in [0.4, 0.5) is 0 Å². The Morgan fingerprint density at radius 1 is 1.25 bits per heavy atom. The molecule has 0 radical (unpaired) electrons. The van der Waals surface area contributed by atoms with Crippen LogP contribution in [0.15, 0.2) is 24.3 Å². The normalized spacial score (nSPS) is 21.5. The maximum atomic E-state index is 12.4. The van der Waals surface area contributed by atoms with Crippen molar-refractivity contribution in [1.82, 2.24) is 16.0 Å². The zero-order chi connectivity index (χ0) is 17.7. The molecule has 24 heavy (non-hydrogen) atoms. The number of rotatable bonds is 6. The highest BCUT2D eigenvalue weighted by Crippen LogP contribution is 2.09. The van der Waals surface area contributed by atoms with Gasteiger partial charge in [-0.3, -0.25) is 9.59 Å². The van der Waals surface area contributed by atoms with Gasteiger partial charge in [-0.25, -0.2) is 0 Å². The molecular weight excluding hydrogens is 306 g/mol. The molecule has 6 nitrogen and oxygen atoms in total. The van der Waals surface area contributed by atoms with E-state index in [-0.39, 0.29) is 23.7 Å². The molecule has 2 amide bonds. The molecule has 0 spiro atoms. The first-order chi connectivity index (χ1) is 11.4. The maximum absolute atomic E-state index is 12.4. The van der Waals surface area contributed by atoms with Gasteiger partial charge in [0, 0.05) is 31.1 Å². The number of carbonyl (C=O) groups excluding carboxylic acids is 2. The summed E-state index contributed by atoms with van der Waals surface area (Å²) in [5, 5.41) is 18.5. The lowest BCUT2D eigenvalue weighted by atomic mass is 10.0. The van der Waals surface area contributed by atoms with E-state index in [1.807, 2.05) is 32.9 Å². The van der Waals surface area contributed by atoms with Gasteiger partial charge in [-0.15, -0.1) is 0 Å². The number of nitrogens with one attached hydrogen (secondary N) is 3. The first kappa shape index (κ1) is 18.4. The molecule has 0 bridgehead atoms. The van der Waals surface area contributed by atoms with Crippen LogP contribution in [0.3, 0.4) is 0 Å². The van der Waals surface area contributed by atoms with Gasteiger partial charge in [-0.1, -0.05) is 31.5 Å². The molecule has 1 fully saturated rings. The van der Waals surface area contributed by atoms with Crippen LogP contribution in [0.25, 0.3) is 0 Å². The van der Waals surface area contributed by atoms with E-state index in [0.29, 0.717) is 25.2 Å². The summed E-state index contributed by atoms with van der Waals surface area (Å²) in [5.74, 6) is -0.503. The summed E-state index contributed by atoms with van der Waals surface area (Å²) in [5.41, 5.74) is 1.61. The number of hydrogen-bond acceptors (Lipinski definition) is 4. The van der Waals surface area contributed by atoms with Gasteiger partial charge < -0.3 is 21.1 Å². The Morgan fingerprint density at radius 3 is 2.46 bits per heavy atom. The van der Waals surface area contributed by atoms with Crippen molar-refractivity contribution in [3.8, 4) is 0 Å². The predicted octanol–water partition coefficient (Wildman–Crippen LogP) is 0.446. The molecule has 6 heteroatoms. The number of benzene rings is 1. The standard InChI is InChI=1S/C18H27N3O3/c1-11(2)16(18(24)20-9-14-8-19-10-15(14)22)21-17(23)13-6-4-12(3)5-7-13/h4-7,11,14-16,19,22H,8-10H2,1-3H3,(H,20,24)(H,21,23). The molecule has 0 aromatic heterocycles. The average Bonchev–Trinajstić information content (AvgIpc) is 2.95. The van der Waals surface area contributed by atoms with E-state index in [9.17, 15) is 14.7 Å². The third-order valence-corrected chi connectivity index (χ3v) is 4.39. The van der Waals surface area contributed by atoms with Gasteiger partial charge in [-0.05, 0) is 25.0 Å². The van der Waals surface area contributed by atoms with Gasteiger partial charge in [0.2, 0.25) is 5.91 Å². The predicted molar refractivity (Wildman–Crippen MR) is 92.6 cm³/mol. The SMILES string of the molecule is Cc1ccc(C(=O)NC(C(=O)NCC2CNCC2O)C(C)C)cc1. The lowest BCUT2D eigenvalue weighted by molar-refractivity contribution is -0.124. The van der Waals surface area contributed by atoms with E-state index in [2.05, 4.69) is 16.0 Å². The van der Waals surface area contributed by atoms with Gasteiger partial charge in [0.05, 0.1) is 6.10 Å². The summed E-state index contributed by atoms with van der Waals surface area (Å²) in [7, 11) is 0. The second kappa shape index (κ2) is 8.26. The van der Waals surface area contributed by atoms with Crippen LogP contribution in [0.1, 0.15) is 29.8 Å². The van der Waals surface area contributed by atoms with Gasteiger partial charge >= 0.3 is 0 Å². The third kappa shape index (κ3) is 4.79. The van der Waals surface area contributed by atoms with E-state index in [1.165, 1.54) is 0 Å². The fraction of sp³-hybridized carbons (Fsp3) is 0.556. The lowest BCUT2D eigenvalue weighted by Crippen LogP contribution is -2.51. The Labute approximate surface area is 143 Å². The number of hydrogen-bond donors (Lipinski definition) is 4.